The fourth-order valence-electron chi connectivity index (χ4n) is 2.36. The van der Waals surface area contributed by atoms with Gasteiger partial charge in [0.05, 0.1) is 5.69 Å². The minimum Gasteiger partial charge on any atom is -0.368 e. The van der Waals surface area contributed by atoms with Gasteiger partial charge in [0.25, 0.3) is 0 Å². The summed E-state index contributed by atoms with van der Waals surface area (Å²) in [6, 6.07) is 8.04. The van der Waals surface area contributed by atoms with Gasteiger partial charge in [-0.2, -0.15) is 15.0 Å². The van der Waals surface area contributed by atoms with Crippen LogP contribution in [-0.2, 0) is 0 Å². The molecule has 7 heteroatoms. The molecule has 1 aliphatic heterocycles. The number of rotatable bonds is 4. The Bertz CT molecular complexity index is 627. The van der Waals surface area contributed by atoms with Crippen LogP contribution >= 0.6 is 11.8 Å². The van der Waals surface area contributed by atoms with Crippen LogP contribution in [0.15, 0.2) is 29.2 Å². The number of nitrogens with two attached hydrogens (primary N) is 1. The van der Waals surface area contributed by atoms with Gasteiger partial charge in [-0.25, -0.2) is 0 Å². The Labute approximate surface area is 128 Å². The first-order chi connectivity index (χ1) is 10.3. The SMILES string of the molecule is CSc1ccccc1Nc1nc(N)nc(N2CCCC2)n1. The Hall–Kier alpha value is -2.02. The summed E-state index contributed by atoms with van der Waals surface area (Å²) in [5.41, 5.74) is 6.79. The molecule has 0 atom stereocenters. The van der Waals surface area contributed by atoms with E-state index in [2.05, 4.69) is 31.2 Å². The molecule has 6 nitrogen and oxygen atoms in total. The summed E-state index contributed by atoms with van der Waals surface area (Å²) in [7, 11) is 0. The minimum absolute atomic E-state index is 0.246. The second-order valence-corrected chi connectivity index (χ2v) is 5.68. The summed E-state index contributed by atoms with van der Waals surface area (Å²) in [6.07, 6.45) is 4.38. The van der Waals surface area contributed by atoms with E-state index in [4.69, 9.17) is 5.73 Å². The Morgan fingerprint density at radius 2 is 1.90 bits per heavy atom. The van der Waals surface area contributed by atoms with E-state index in [0.717, 1.165) is 23.7 Å². The van der Waals surface area contributed by atoms with Crippen LogP contribution < -0.4 is 16.0 Å². The standard InChI is InChI=1S/C14H18N6S/c1-21-11-7-3-2-6-10(11)16-13-17-12(15)18-14(19-13)20-8-4-5-9-20/h2-3,6-7H,4-5,8-9H2,1H3,(H3,15,16,17,18,19). The van der Waals surface area contributed by atoms with Crippen LogP contribution in [0.2, 0.25) is 0 Å². The first-order valence-corrected chi connectivity index (χ1v) is 8.15. The summed E-state index contributed by atoms with van der Waals surface area (Å²) in [4.78, 5) is 16.2. The Kier molecular flexibility index (Phi) is 4.10. The summed E-state index contributed by atoms with van der Waals surface area (Å²) in [5, 5.41) is 3.24. The van der Waals surface area contributed by atoms with E-state index >= 15 is 0 Å². The zero-order valence-corrected chi connectivity index (χ0v) is 12.7. The van der Waals surface area contributed by atoms with Crippen molar-refractivity contribution in [1.82, 2.24) is 15.0 Å². The van der Waals surface area contributed by atoms with E-state index in [9.17, 15) is 0 Å². The number of anilines is 4. The lowest BCUT2D eigenvalue weighted by molar-refractivity contribution is 0.887. The van der Waals surface area contributed by atoms with E-state index < -0.39 is 0 Å². The van der Waals surface area contributed by atoms with Gasteiger partial charge in [-0.3, -0.25) is 0 Å². The van der Waals surface area contributed by atoms with Gasteiger partial charge in [0, 0.05) is 18.0 Å². The minimum atomic E-state index is 0.246. The third kappa shape index (κ3) is 3.18. The number of benzene rings is 1. The molecule has 0 spiro atoms. The molecule has 1 saturated heterocycles. The Morgan fingerprint density at radius 1 is 1.14 bits per heavy atom. The molecule has 0 radical (unpaired) electrons. The van der Waals surface area contributed by atoms with Crippen molar-refractivity contribution >= 4 is 35.3 Å². The van der Waals surface area contributed by atoms with Gasteiger partial charge in [-0.05, 0) is 31.2 Å². The lowest BCUT2D eigenvalue weighted by Crippen LogP contribution is -2.22. The average Bonchev–Trinajstić information content (AvgIpc) is 3.01. The molecule has 3 rings (SSSR count). The average molecular weight is 302 g/mol. The fourth-order valence-corrected chi connectivity index (χ4v) is 2.92. The summed E-state index contributed by atoms with van der Waals surface area (Å²) < 4.78 is 0. The Balaban J connectivity index is 1.88. The van der Waals surface area contributed by atoms with Crippen LogP contribution in [0, 0.1) is 0 Å². The molecule has 0 aliphatic carbocycles. The fraction of sp³-hybridized carbons (Fsp3) is 0.357. The predicted molar refractivity (Wildman–Crippen MR) is 87.2 cm³/mol. The van der Waals surface area contributed by atoms with Crippen LogP contribution in [0.1, 0.15) is 12.8 Å². The molecule has 1 aromatic heterocycles. The van der Waals surface area contributed by atoms with E-state index in [1.807, 2.05) is 24.5 Å². The normalized spacial score (nSPS) is 14.4. The van der Waals surface area contributed by atoms with Gasteiger partial charge in [-0.15, -0.1) is 11.8 Å². The van der Waals surface area contributed by atoms with Crippen LogP contribution in [0.5, 0.6) is 0 Å². The van der Waals surface area contributed by atoms with Crippen molar-refractivity contribution in [2.75, 3.05) is 35.3 Å². The molecule has 0 bridgehead atoms. The smallest absolute Gasteiger partial charge is 0.233 e. The maximum atomic E-state index is 5.82. The van der Waals surface area contributed by atoms with E-state index in [1.54, 1.807) is 11.8 Å². The van der Waals surface area contributed by atoms with Gasteiger partial charge in [0.2, 0.25) is 17.8 Å². The number of hydrogen-bond acceptors (Lipinski definition) is 7. The third-order valence-corrected chi connectivity index (χ3v) is 4.18. The van der Waals surface area contributed by atoms with Crippen LogP contribution in [-0.4, -0.2) is 34.3 Å². The number of aromatic nitrogens is 3. The van der Waals surface area contributed by atoms with Crippen molar-refractivity contribution in [2.45, 2.75) is 17.7 Å². The highest BCUT2D eigenvalue weighted by Gasteiger charge is 2.17. The molecule has 0 amide bonds. The molecule has 3 N–H and O–H groups in total. The molecule has 0 saturated carbocycles. The van der Waals surface area contributed by atoms with Gasteiger partial charge in [0.15, 0.2) is 0 Å². The van der Waals surface area contributed by atoms with E-state index in [0.29, 0.717) is 11.9 Å². The van der Waals surface area contributed by atoms with Crippen molar-refractivity contribution in [3.63, 3.8) is 0 Å². The lowest BCUT2D eigenvalue weighted by Gasteiger charge is -2.16. The van der Waals surface area contributed by atoms with Crippen molar-refractivity contribution in [3.8, 4) is 0 Å². The van der Waals surface area contributed by atoms with Gasteiger partial charge < -0.3 is 16.0 Å². The highest BCUT2D eigenvalue weighted by Crippen LogP contribution is 2.27. The van der Waals surface area contributed by atoms with Gasteiger partial charge in [0.1, 0.15) is 0 Å². The van der Waals surface area contributed by atoms with Crippen LogP contribution in [0.3, 0.4) is 0 Å². The first-order valence-electron chi connectivity index (χ1n) is 6.93. The summed E-state index contributed by atoms with van der Waals surface area (Å²) in [6.45, 7) is 1.95. The molecule has 2 aromatic rings. The molecular formula is C14H18N6S. The Morgan fingerprint density at radius 3 is 2.67 bits per heavy atom. The van der Waals surface area contributed by atoms with Gasteiger partial charge in [-0.1, -0.05) is 12.1 Å². The predicted octanol–water partition coefficient (Wildman–Crippen LogP) is 2.52. The topological polar surface area (TPSA) is 80.0 Å². The van der Waals surface area contributed by atoms with Crippen molar-refractivity contribution < 1.29 is 0 Å². The van der Waals surface area contributed by atoms with Crippen molar-refractivity contribution in [3.05, 3.63) is 24.3 Å². The number of thioether (sulfide) groups is 1. The number of nitrogen functional groups attached to an aromatic ring is 1. The molecular weight excluding hydrogens is 284 g/mol. The molecule has 21 heavy (non-hydrogen) atoms. The number of nitrogens with zero attached hydrogens (tertiary/aromatic N) is 4. The quantitative estimate of drug-likeness (QED) is 0.840. The van der Waals surface area contributed by atoms with Crippen LogP contribution in [0.4, 0.5) is 23.5 Å². The molecule has 1 aliphatic rings. The number of hydrogen-bond donors (Lipinski definition) is 2. The molecule has 0 unspecified atom stereocenters. The van der Waals surface area contributed by atoms with E-state index in [-0.39, 0.29) is 5.95 Å². The van der Waals surface area contributed by atoms with Crippen molar-refractivity contribution in [2.24, 2.45) is 0 Å². The van der Waals surface area contributed by atoms with E-state index in [1.165, 1.54) is 12.8 Å². The van der Waals surface area contributed by atoms with Crippen molar-refractivity contribution in [1.29, 1.82) is 0 Å². The first kappa shape index (κ1) is 13.9. The van der Waals surface area contributed by atoms with Gasteiger partial charge >= 0.3 is 0 Å². The highest BCUT2D eigenvalue weighted by molar-refractivity contribution is 7.98. The second-order valence-electron chi connectivity index (χ2n) is 4.84. The maximum absolute atomic E-state index is 5.82. The van der Waals surface area contributed by atoms with Crippen LogP contribution in [0.25, 0.3) is 0 Å². The lowest BCUT2D eigenvalue weighted by atomic mass is 10.3. The molecule has 1 fully saturated rings. The largest absolute Gasteiger partial charge is 0.368 e. The molecule has 2 heterocycles. The maximum Gasteiger partial charge on any atom is 0.233 e. The third-order valence-electron chi connectivity index (χ3n) is 3.38. The monoisotopic (exact) mass is 302 g/mol. The number of nitrogens with one attached hydrogen (secondary N) is 1. The summed E-state index contributed by atoms with van der Waals surface area (Å²) >= 11 is 1.67. The summed E-state index contributed by atoms with van der Waals surface area (Å²) in [5.74, 6) is 1.39. The number of para-hydroxylation sites is 1. The molecule has 110 valence electrons. The highest BCUT2D eigenvalue weighted by atomic mass is 32.2. The zero-order chi connectivity index (χ0) is 14.7. The second kappa shape index (κ2) is 6.17. The molecule has 1 aromatic carbocycles. The zero-order valence-electron chi connectivity index (χ0n) is 11.9.